The maximum Gasteiger partial charge on any atom is 0.602 e. The van der Waals surface area contributed by atoms with Gasteiger partial charge in [0.2, 0.25) is 5.69 Å². The van der Waals surface area contributed by atoms with Gasteiger partial charge in [-0.05, 0) is 36.2 Å². The number of rotatable bonds is 6. The molecule has 3 unspecified atom stereocenters. The summed E-state index contributed by atoms with van der Waals surface area (Å²) in [7, 11) is 4.02. The average Bonchev–Trinajstić information content (AvgIpc) is 3.27. The van der Waals surface area contributed by atoms with E-state index in [0.717, 1.165) is 29.8 Å². The van der Waals surface area contributed by atoms with Crippen LogP contribution in [0.15, 0.2) is 48.7 Å². The standard InChI is InChI=1S/C30H43N2O3/c1-28(2,3)25(34-20-21-12-10-9-11-13-21)24-18-23(31(7)8)15-17-32(24)27(33)35-26-29(4,5)22-14-16-30(26,6)19-22/h9-13,15,17-18,22,25-26H,14,16,19-20H2,1-8H3/q+1/t22?,25-,26?,30?/m1/s1. The van der Waals surface area contributed by atoms with Crippen molar-refractivity contribution in [2.75, 3.05) is 19.0 Å². The van der Waals surface area contributed by atoms with Crippen LogP contribution in [-0.2, 0) is 16.1 Å². The molecule has 2 aliphatic rings. The van der Waals surface area contributed by atoms with Gasteiger partial charge in [0.1, 0.15) is 12.2 Å². The number of aromatic nitrogens is 1. The molecule has 0 aliphatic heterocycles. The molecule has 2 fully saturated rings. The van der Waals surface area contributed by atoms with E-state index in [1.165, 1.54) is 6.42 Å². The molecule has 5 heteroatoms. The third-order valence-electron chi connectivity index (χ3n) is 8.35. The minimum atomic E-state index is -0.310. The molecule has 4 atom stereocenters. The van der Waals surface area contributed by atoms with E-state index in [0.29, 0.717) is 12.5 Å². The minimum absolute atomic E-state index is 0.0137. The first-order valence-corrected chi connectivity index (χ1v) is 12.9. The van der Waals surface area contributed by atoms with Gasteiger partial charge in [-0.2, -0.15) is 4.79 Å². The number of carbonyl (C=O) groups is 1. The predicted molar refractivity (Wildman–Crippen MR) is 139 cm³/mol. The molecule has 2 saturated carbocycles. The molecule has 0 amide bonds. The van der Waals surface area contributed by atoms with Crippen LogP contribution in [0.2, 0.25) is 0 Å². The van der Waals surface area contributed by atoms with Crippen molar-refractivity contribution in [3.8, 4) is 0 Å². The fraction of sp³-hybridized carbons (Fsp3) is 0.600. The molecule has 0 radical (unpaired) electrons. The van der Waals surface area contributed by atoms with Crippen molar-refractivity contribution >= 4 is 11.8 Å². The van der Waals surface area contributed by atoms with Crippen LogP contribution < -0.4 is 9.47 Å². The lowest BCUT2D eigenvalue weighted by atomic mass is 9.70. The van der Waals surface area contributed by atoms with Gasteiger partial charge < -0.3 is 14.4 Å². The Morgan fingerprint density at radius 3 is 2.40 bits per heavy atom. The van der Waals surface area contributed by atoms with E-state index in [1.54, 1.807) is 4.57 Å². The Bertz CT molecular complexity index is 1050. The molecule has 2 aromatic rings. The first-order valence-electron chi connectivity index (χ1n) is 12.9. The number of benzene rings is 1. The summed E-state index contributed by atoms with van der Waals surface area (Å²) in [6.45, 7) is 13.8. The number of pyridine rings is 1. The Labute approximate surface area is 211 Å². The highest BCUT2D eigenvalue weighted by molar-refractivity contribution is 5.59. The largest absolute Gasteiger partial charge is 0.602 e. The van der Waals surface area contributed by atoms with E-state index in [-0.39, 0.29) is 34.5 Å². The van der Waals surface area contributed by atoms with Crippen molar-refractivity contribution in [3.63, 3.8) is 0 Å². The highest BCUT2D eigenvalue weighted by atomic mass is 16.6. The second kappa shape index (κ2) is 9.24. The van der Waals surface area contributed by atoms with Crippen molar-refractivity contribution in [1.82, 2.24) is 0 Å². The molecule has 1 aromatic heterocycles. The molecule has 1 aromatic carbocycles. The highest BCUT2D eigenvalue weighted by Gasteiger charge is 2.62. The third-order valence-corrected chi connectivity index (χ3v) is 8.35. The van der Waals surface area contributed by atoms with E-state index in [2.05, 4.69) is 64.6 Å². The Morgan fingerprint density at radius 1 is 1.14 bits per heavy atom. The van der Waals surface area contributed by atoms with E-state index in [4.69, 9.17) is 9.47 Å². The van der Waals surface area contributed by atoms with Crippen molar-refractivity contribution in [1.29, 1.82) is 0 Å². The van der Waals surface area contributed by atoms with Crippen LogP contribution in [0.3, 0.4) is 0 Å². The summed E-state index contributed by atoms with van der Waals surface area (Å²) in [5.41, 5.74) is 2.75. The fourth-order valence-corrected chi connectivity index (χ4v) is 6.39. The number of anilines is 1. The van der Waals surface area contributed by atoms with Crippen LogP contribution in [0.25, 0.3) is 0 Å². The summed E-state index contributed by atoms with van der Waals surface area (Å²) in [6.07, 6.45) is 4.63. The zero-order valence-electron chi connectivity index (χ0n) is 22.8. The summed E-state index contributed by atoms with van der Waals surface area (Å²) >= 11 is 0. The molecule has 1 heterocycles. The fourth-order valence-electron chi connectivity index (χ4n) is 6.39. The van der Waals surface area contributed by atoms with Crippen molar-refractivity contribution in [2.24, 2.45) is 22.2 Å². The molecule has 0 spiro atoms. The number of fused-ring (bicyclic) bond motifs is 2. The topological polar surface area (TPSA) is 42.7 Å². The summed E-state index contributed by atoms with van der Waals surface area (Å²) < 4.78 is 14.6. The van der Waals surface area contributed by atoms with E-state index < -0.39 is 0 Å². The minimum Gasteiger partial charge on any atom is -0.407 e. The van der Waals surface area contributed by atoms with Gasteiger partial charge in [0, 0.05) is 42.7 Å². The molecule has 0 N–H and O–H groups in total. The SMILES string of the molecule is CN(C)c1cc[n+](C(=O)OC2C3(C)CCC(C3)C2(C)C)c([C@@H](OCc2ccccc2)C(C)(C)C)c1. The monoisotopic (exact) mass is 479 g/mol. The maximum atomic E-state index is 13.8. The molecule has 0 saturated heterocycles. The molecule has 190 valence electrons. The Balaban J connectivity index is 1.68. The van der Waals surface area contributed by atoms with Gasteiger partial charge in [-0.1, -0.05) is 76.4 Å². The molecular weight excluding hydrogens is 436 g/mol. The molecule has 35 heavy (non-hydrogen) atoms. The van der Waals surface area contributed by atoms with Crippen molar-refractivity contribution in [2.45, 2.75) is 79.6 Å². The molecule has 2 aliphatic carbocycles. The summed E-state index contributed by atoms with van der Waals surface area (Å²) in [5.74, 6) is 0.613. The zero-order valence-corrected chi connectivity index (χ0v) is 22.8. The molecule has 5 nitrogen and oxygen atoms in total. The second-order valence-corrected chi connectivity index (χ2v) is 12.8. The second-order valence-electron chi connectivity index (χ2n) is 12.8. The first kappa shape index (κ1) is 25.7. The first-order chi connectivity index (χ1) is 16.3. The normalized spacial score (nSPS) is 25.9. The van der Waals surface area contributed by atoms with Crippen LogP contribution in [0.4, 0.5) is 10.5 Å². The van der Waals surface area contributed by atoms with Crippen LogP contribution >= 0.6 is 0 Å². The van der Waals surface area contributed by atoms with Gasteiger partial charge >= 0.3 is 6.09 Å². The van der Waals surface area contributed by atoms with Gasteiger partial charge in [0.05, 0.1) is 6.61 Å². The van der Waals surface area contributed by atoms with Gasteiger partial charge in [0.15, 0.2) is 6.20 Å². The van der Waals surface area contributed by atoms with Crippen molar-refractivity contribution < 1.29 is 18.8 Å². The quantitative estimate of drug-likeness (QED) is 0.441. The maximum absolute atomic E-state index is 13.8. The molecule has 2 bridgehead atoms. The number of nitrogens with zero attached hydrogens (tertiary/aromatic N) is 2. The van der Waals surface area contributed by atoms with Gasteiger partial charge in [-0.3, -0.25) is 0 Å². The van der Waals surface area contributed by atoms with Crippen LogP contribution in [0, 0.1) is 22.2 Å². The van der Waals surface area contributed by atoms with Gasteiger partial charge in [-0.15, -0.1) is 0 Å². The van der Waals surface area contributed by atoms with Gasteiger partial charge in [0.25, 0.3) is 0 Å². The smallest absolute Gasteiger partial charge is 0.407 e. The molecule has 4 rings (SSSR count). The van der Waals surface area contributed by atoms with Gasteiger partial charge in [-0.25, -0.2) is 0 Å². The highest BCUT2D eigenvalue weighted by Crippen LogP contribution is 2.63. The molecular formula is C30H43N2O3+. The Morgan fingerprint density at radius 2 is 1.83 bits per heavy atom. The van der Waals surface area contributed by atoms with Crippen LogP contribution in [0.5, 0.6) is 0 Å². The Hall–Kier alpha value is -2.40. The Kier molecular flexibility index (Phi) is 6.78. The van der Waals surface area contributed by atoms with E-state index in [9.17, 15) is 4.79 Å². The van der Waals surface area contributed by atoms with E-state index >= 15 is 0 Å². The summed E-state index contributed by atoms with van der Waals surface area (Å²) in [4.78, 5) is 15.8. The lowest BCUT2D eigenvalue weighted by molar-refractivity contribution is -0.603. The number of hydrogen-bond acceptors (Lipinski definition) is 4. The van der Waals surface area contributed by atoms with E-state index in [1.807, 2.05) is 44.6 Å². The van der Waals surface area contributed by atoms with Crippen LogP contribution in [0.1, 0.15) is 78.2 Å². The zero-order chi connectivity index (χ0) is 25.6. The lowest BCUT2D eigenvalue weighted by Crippen LogP contribution is -2.54. The van der Waals surface area contributed by atoms with Crippen molar-refractivity contribution in [3.05, 3.63) is 59.9 Å². The lowest BCUT2D eigenvalue weighted by Gasteiger charge is -2.40. The summed E-state index contributed by atoms with van der Waals surface area (Å²) in [6, 6.07) is 14.2. The number of carbonyl (C=O) groups excluding carboxylic acids is 1. The third kappa shape index (κ3) is 4.97. The van der Waals surface area contributed by atoms with Crippen LogP contribution in [-0.4, -0.2) is 26.3 Å². The summed E-state index contributed by atoms with van der Waals surface area (Å²) in [5, 5.41) is 0. The number of ether oxygens (including phenoxy) is 2. The predicted octanol–water partition coefficient (Wildman–Crippen LogP) is 6.54. The average molecular weight is 480 g/mol. The number of hydrogen-bond donors (Lipinski definition) is 0.